The van der Waals surface area contributed by atoms with Crippen LogP contribution in [0.25, 0.3) is 0 Å². The van der Waals surface area contributed by atoms with Crippen LogP contribution in [0.4, 0.5) is 0 Å². The number of nitrogens with zero attached hydrogens (tertiary/aromatic N) is 1. The molecule has 0 saturated heterocycles. The molecule has 0 aromatic heterocycles. The van der Waals surface area contributed by atoms with Gasteiger partial charge in [-0.25, -0.2) is 0 Å². The lowest BCUT2D eigenvalue weighted by Crippen LogP contribution is -2.48. The Bertz CT molecular complexity index is 226. The summed E-state index contributed by atoms with van der Waals surface area (Å²) < 4.78 is 5.09. The van der Waals surface area contributed by atoms with E-state index in [0.717, 1.165) is 45.4 Å². The van der Waals surface area contributed by atoms with Crippen LogP contribution in [0.1, 0.15) is 39.0 Å². The number of methoxy groups -OCH3 is 1. The third-order valence-electron chi connectivity index (χ3n) is 4.12. The molecule has 0 bridgehead atoms. The molecule has 1 saturated carbocycles. The molecule has 0 amide bonds. The van der Waals surface area contributed by atoms with Crippen LogP contribution in [0.5, 0.6) is 0 Å². The molecule has 0 heterocycles. The zero-order valence-electron chi connectivity index (χ0n) is 12.2. The molecule has 2 atom stereocenters. The monoisotopic (exact) mass is 258 g/mol. The predicted molar refractivity (Wildman–Crippen MR) is 74.9 cm³/mol. The molecule has 4 heteroatoms. The standard InChI is InChI=1S/C14H30N2O2/c1-4-8-15-14(12-17)7-6-13(11-14)16(2)9-5-10-18-3/h13,15,17H,4-12H2,1-3H3. The Morgan fingerprint density at radius 3 is 2.89 bits per heavy atom. The fourth-order valence-corrected chi connectivity index (χ4v) is 2.87. The van der Waals surface area contributed by atoms with Crippen LogP contribution in [0.2, 0.25) is 0 Å². The Morgan fingerprint density at radius 1 is 1.50 bits per heavy atom. The van der Waals surface area contributed by atoms with Crippen molar-refractivity contribution in [3.63, 3.8) is 0 Å². The van der Waals surface area contributed by atoms with Crippen molar-refractivity contribution >= 4 is 0 Å². The molecular formula is C14H30N2O2. The number of aliphatic hydroxyl groups is 1. The molecule has 0 spiro atoms. The molecule has 2 unspecified atom stereocenters. The highest BCUT2D eigenvalue weighted by molar-refractivity contribution is 4.98. The zero-order valence-corrected chi connectivity index (χ0v) is 12.2. The van der Waals surface area contributed by atoms with Gasteiger partial charge in [0.25, 0.3) is 0 Å². The highest BCUT2D eigenvalue weighted by atomic mass is 16.5. The number of aliphatic hydroxyl groups excluding tert-OH is 1. The van der Waals surface area contributed by atoms with Gasteiger partial charge in [-0.3, -0.25) is 0 Å². The van der Waals surface area contributed by atoms with Gasteiger partial charge in [-0.1, -0.05) is 6.92 Å². The molecule has 0 aliphatic heterocycles. The van der Waals surface area contributed by atoms with E-state index in [1.807, 2.05) is 0 Å². The summed E-state index contributed by atoms with van der Waals surface area (Å²) in [7, 11) is 3.94. The summed E-state index contributed by atoms with van der Waals surface area (Å²) >= 11 is 0. The summed E-state index contributed by atoms with van der Waals surface area (Å²) in [4.78, 5) is 2.42. The highest BCUT2D eigenvalue weighted by Crippen LogP contribution is 2.32. The SMILES string of the molecule is CCCNC1(CO)CCC(N(C)CCCOC)C1. The van der Waals surface area contributed by atoms with Crippen molar-refractivity contribution in [2.75, 3.05) is 40.5 Å². The van der Waals surface area contributed by atoms with E-state index in [-0.39, 0.29) is 12.1 Å². The van der Waals surface area contributed by atoms with Gasteiger partial charge in [-0.05, 0) is 45.7 Å². The van der Waals surface area contributed by atoms with E-state index in [1.54, 1.807) is 7.11 Å². The Hall–Kier alpha value is -0.160. The number of nitrogens with one attached hydrogen (secondary N) is 1. The first-order chi connectivity index (χ1) is 8.67. The molecule has 1 fully saturated rings. The minimum Gasteiger partial charge on any atom is -0.394 e. The van der Waals surface area contributed by atoms with Crippen molar-refractivity contribution in [3.05, 3.63) is 0 Å². The van der Waals surface area contributed by atoms with E-state index >= 15 is 0 Å². The second-order valence-electron chi connectivity index (χ2n) is 5.59. The minimum atomic E-state index is -0.0316. The lowest BCUT2D eigenvalue weighted by atomic mass is 9.98. The number of rotatable bonds is 9. The van der Waals surface area contributed by atoms with Crippen LogP contribution >= 0.6 is 0 Å². The van der Waals surface area contributed by atoms with Gasteiger partial charge < -0.3 is 20.1 Å². The Labute approximate surface area is 112 Å². The van der Waals surface area contributed by atoms with E-state index < -0.39 is 0 Å². The summed E-state index contributed by atoms with van der Waals surface area (Å²) in [5.74, 6) is 0. The fourth-order valence-electron chi connectivity index (χ4n) is 2.87. The third-order valence-corrected chi connectivity index (χ3v) is 4.12. The molecule has 0 aromatic carbocycles. The Morgan fingerprint density at radius 2 is 2.28 bits per heavy atom. The fraction of sp³-hybridized carbons (Fsp3) is 1.00. The molecule has 0 radical (unpaired) electrons. The van der Waals surface area contributed by atoms with E-state index in [4.69, 9.17) is 4.74 Å². The van der Waals surface area contributed by atoms with Crippen LogP contribution in [-0.4, -0.2) is 62.0 Å². The van der Waals surface area contributed by atoms with E-state index in [0.29, 0.717) is 6.04 Å². The molecule has 2 N–H and O–H groups in total. The van der Waals surface area contributed by atoms with Gasteiger partial charge in [0.05, 0.1) is 6.61 Å². The van der Waals surface area contributed by atoms with Gasteiger partial charge in [-0.2, -0.15) is 0 Å². The van der Waals surface area contributed by atoms with Crippen molar-refractivity contribution in [2.24, 2.45) is 0 Å². The molecule has 1 aliphatic rings. The van der Waals surface area contributed by atoms with Crippen molar-refractivity contribution in [3.8, 4) is 0 Å². The quantitative estimate of drug-likeness (QED) is 0.611. The van der Waals surface area contributed by atoms with E-state index in [9.17, 15) is 5.11 Å². The molecule has 1 rings (SSSR count). The maximum absolute atomic E-state index is 9.66. The second-order valence-corrected chi connectivity index (χ2v) is 5.59. The molecule has 1 aliphatic carbocycles. The van der Waals surface area contributed by atoms with Gasteiger partial charge in [-0.15, -0.1) is 0 Å². The number of hydrogen-bond donors (Lipinski definition) is 2. The normalized spacial score (nSPS) is 28.2. The van der Waals surface area contributed by atoms with Gasteiger partial charge in [0.2, 0.25) is 0 Å². The van der Waals surface area contributed by atoms with Crippen LogP contribution in [0.3, 0.4) is 0 Å². The summed E-state index contributed by atoms with van der Waals surface area (Å²) in [6.07, 6.45) is 5.53. The lowest BCUT2D eigenvalue weighted by molar-refractivity contribution is 0.142. The summed E-state index contributed by atoms with van der Waals surface area (Å²) in [6.45, 7) is 5.33. The molecule has 0 aromatic rings. The first-order valence-corrected chi connectivity index (χ1v) is 7.22. The minimum absolute atomic E-state index is 0.0316. The second kappa shape index (κ2) is 8.10. The average molecular weight is 258 g/mol. The molecular weight excluding hydrogens is 228 g/mol. The van der Waals surface area contributed by atoms with Crippen LogP contribution in [-0.2, 0) is 4.74 Å². The summed E-state index contributed by atoms with van der Waals surface area (Å²) in [5.41, 5.74) is -0.0316. The first kappa shape index (κ1) is 15.9. The van der Waals surface area contributed by atoms with Crippen molar-refractivity contribution < 1.29 is 9.84 Å². The Kier molecular flexibility index (Phi) is 7.15. The number of hydrogen-bond acceptors (Lipinski definition) is 4. The lowest BCUT2D eigenvalue weighted by Gasteiger charge is -2.30. The van der Waals surface area contributed by atoms with Gasteiger partial charge in [0, 0.05) is 31.8 Å². The van der Waals surface area contributed by atoms with Crippen molar-refractivity contribution in [1.29, 1.82) is 0 Å². The first-order valence-electron chi connectivity index (χ1n) is 7.22. The largest absolute Gasteiger partial charge is 0.394 e. The van der Waals surface area contributed by atoms with Gasteiger partial charge >= 0.3 is 0 Å². The summed E-state index contributed by atoms with van der Waals surface area (Å²) in [6, 6.07) is 0.596. The smallest absolute Gasteiger partial charge is 0.0613 e. The number of ether oxygens (including phenoxy) is 1. The van der Waals surface area contributed by atoms with Crippen LogP contribution in [0, 0.1) is 0 Å². The van der Waals surface area contributed by atoms with E-state index in [2.05, 4.69) is 24.2 Å². The summed E-state index contributed by atoms with van der Waals surface area (Å²) in [5, 5.41) is 13.2. The zero-order chi connectivity index (χ0) is 13.4. The maximum Gasteiger partial charge on any atom is 0.0613 e. The Balaban J connectivity index is 2.37. The highest BCUT2D eigenvalue weighted by Gasteiger charge is 2.39. The van der Waals surface area contributed by atoms with Crippen molar-refractivity contribution in [2.45, 2.75) is 50.6 Å². The van der Waals surface area contributed by atoms with Gasteiger partial charge in [0.1, 0.15) is 0 Å². The van der Waals surface area contributed by atoms with E-state index in [1.165, 1.54) is 6.42 Å². The average Bonchev–Trinajstić information content (AvgIpc) is 2.82. The molecule has 108 valence electrons. The molecule has 18 heavy (non-hydrogen) atoms. The topological polar surface area (TPSA) is 44.7 Å². The predicted octanol–water partition coefficient (Wildman–Crippen LogP) is 1.24. The van der Waals surface area contributed by atoms with Gasteiger partial charge in [0.15, 0.2) is 0 Å². The van der Waals surface area contributed by atoms with Crippen LogP contribution in [0.15, 0.2) is 0 Å². The third kappa shape index (κ3) is 4.50. The maximum atomic E-state index is 9.66. The molecule has 4 nitrogen and oxygen atoms in total. The van der Waals surface area contributed by atoms with Crippen molar-refractivity contribution in [1.82, 2.24) is 10.2 Å². The van der Waals surface area contributed by atoms with Crippen LogP contribution < -0.4 is 5.32 Å².